The Morgan fingerprint density at radius 1 is 0.455 bits per heavy atom. The minimum absolute atomic E-state index is 0. The first kappa shape index (κ1) is 38.2. The van der Waals surface area contributed by atoms with Gasteiger partial charge in [0.2, 0.25) is 11.1 Å². The van der Waals surface area contributed by atoms with Crippen LogP contribution in [0.5, 0.6) is 0 Å². The molecule has 2 heterocycles. The molecule has 0 amide bonds. The molecular formula is C32H24N2Na2O8. The first-order valence-corrected chi connectivity index (χ1v) is 12.2. The Labute approximate surface area is 294 Å². The van der Waals surface area contributed by atoms with Crippen molar-refractivity contribution in [1.29, 1.82) is 0 Å². The molecule has 0 fully saturated rings. The third-order valence-corrected chi connectivity index (χ3v) is 6.36. The van der Waals surface area contributed by atoms with E-state index < -0.39 is 11.9 Å². The molecule has 6 rings (SSSR count). The number of fused-ring (bicyclic) bond motifs is 2. The monoisotopic (exact) mass is 610 g/mol. The molecule has 0 spiro atoms. The fourth-order valence-corrected chi connectivity index (χ4v) is 4.27. The molecule has 0 saturated carbocycles. The van der Waals surface area contributed by atoms with Crippen LogP contribution >= 0.6 is 0 Å². The number of aromatic amines is 2. The Hall–Kier alpha value is -3.84. The van der Waals surface area contributed by atoms with Crippen LogP contribution in [0.25, 0.3) is 44.1 Å². The van der Waals surface area contributed by atoms with Gasteiger partial charge in [-0.1, -0.05) is 60.7 Å². The molecule has 0 unspecified atom stereocenters. The minimum Gasteiger partial charge on any atom is -0.545 e. The van der Waals surface area contributed by atoms with E-state index in [1.165, 1.54) is 36.4 Å². The average molecular weight is 611 g/mol. The number of nitrogens with one attached hydrogen (secondary N) is 2. The molecule has 212 valence electrons. The second kappa shape index (κ2) is 16.9. The van der Waals surface area contributed by atoms with Crippen LogP contribution in [0.1, 0.15) is 20.7 Å². The van der Waals surface area contributed by atoms with E-state index in [4.69, 9.17) is 0 Å². The Balaban J connectivity index is 0.000000403. The number of hydrogen-bond acceptors (Lipinski definition) is 6. The molecule has 4 aromatic carbocycles. The summed E-state index contributed by atoms with van der Waals surface area (Å²) in [6, 6.07) is 30.8. The van der Waals surface area contributed by atoms with Gasteiger partial charge in [0.05, 0.1) is 11.9 Å². The molecule has 44 heavy (non-hydrogen) atoms. The van der Waals surface area contributed by atoms with Gasteiger partial charge in [0.1, 0.15) is 0 Å². The Morgan fingerprint density at radius 2 is 0.773 bits per heavy atom. The van der Waals surface area contributed by atoms with Crippen molar-refractivity contribution in [2.75, 3.05) is 0 Å². The number of H-pyrrole nitrogens is 2. The van der Waals surface area contributed by atoms with Crippen molar-refractivity contribution >= 4 is 33.7 Å². The summed E-state index contributed by atoms with van der Waals surface area (Å²) in [4.78, 5) is 49.4. The standard InChI is InChI=1S/2C16H11NO3.2Na.2H2O/c2*18-15-8-6-13-9-12(5-7-14(13)17-15)10-1-3-11(4-2-10)16(19)20;;;;/h2*1-9H,(H,17,18)(H,19,20);;;2*1H2/q;;2*+1;;/p-2. The van der Waals surface area contributed by atoms with Crippen LogP contribution in [0, 0.1) is 0 Å². The third-order valence-electron chi connectivity index (χ3n) is 6.36. The normalized spacial score (nSPS) is 9.64. The summed E-state index contributed by atoms with van der Waals surface area (Å²) in [6.07, 6.45) is 0. The van der Waals surface area contributed by atoms with Crippen molar-refractivity contribution in [2.45, 2.75) is 0 Å². The number of carboxylic acid groups (broad SMARTS) is 2. The number of rotatable bonds is 4. The van der Waals surface area contributed by atoms with Crippen molar-refractivity contribution in [3.05, 3.63) is 141 Å². The number of pyridine rings is 2. The Kier molecular flexibility index (Phi) is 14.6. The summed E-state index contributed by atoms with van der Waals surface area (Å²) >= 11 is 0. The maximum absolute atomic E-state index is 11.2. The second-order valence-electron chi connectivity index (χ2n) is 8.98. The molecular weight excluding hydrogens is 586 g/mol. The summed E-state index contributed by atoms with van der Waals surface area (Å²) in [5.41, 5.74) is 5.29. The van der Waals surface area contributed by atoms with Gasteiger partial charge in [-0.25, -0.2) is 0 Å². The number of aromatic nitrogens is 2. The summed E-state index contributed by atoms with van der Waals surface area (Å²) in [6.45, 7) is 0. The SMILES string of the molecule is O.O.O=C([O-])c1ccc(-c2ccc3[nH]c(=O)ccc3c2)cc1.O=C([O-])c1ccc(-c2ccc3[nH]c(=O)ccc3c2)cc1.[Na+].[Na+]. The summed E-state index contributed by atoms with van der Waals surface area (Å²) < 4.78 is 0. The van der Waals surface area contributed by atoms with Crippen LogP contribution < -0.4 is 80.4 Å². The zero-order chi connectivity index (χ0) is 28.2. The van der Waals surface area contributed by atoms with Gasteiger partial charge in [-0.15, -0.1) is 0 Å². The van der Waals surface area contributed by atoms with E-state index in [9.17, 15) is 29.4 Å². The van der Waals surface area contributed by atoms with E-state index in [0.717, 1.165) is 44.1 Å². The molecule has 0 radical (unpaired) electrons. The second-order valence-corrected chi connectivity index (χ2v) is 8.98. The van der Waals surface area contributed by atoms with E-state index in [2.05, 4.69) is 9.97 Å². The maximum atomic E-state index is 11.2. The van der Waals surface area contributed by atoms with Crippen molar-refractivity contribution in [2.24, 2.45) is 0 Å². The molecule has 10 nitrogen and oxygen atoms in total. The van der Waals surface area contributed by atoms with E-state index in [1.807, 2.05) is 36.4 Å². The van der Waals surface area contributed by atoms with E-state index in [0.29, 0.717) is 0 Å². The van der Waals surface area contributed by atoms with Crippen LogP contribution in [-0.2, 0) is 0 Å². The maximum Gasteiger partial charge on any atom is 1.00 e. The quantitative estimate of drug-likeness (QED) is 0.188. The van der Waals surface area contributed by atoms with Crippen LogP contribution in [0.2, 0.25) is 0 Å². The predicted molar refractivity (Wildman–Crippen MR) is 156 cm³/mol. The Bertz CT molecular complexity index is 1860. The average Bonchev–Trinajstić information content (AvgIpc) is 2.97. The predicted octanol–water partition coefficient (Wildman–Crippen LogP) is -4.52. The molecule has 0 aliphatic heterocycles. The summed E-state index contributed by atoms with van der Waals surface area (Å²) in [5, 5.41) is 23.3. The molecule has 0 aliphatic rings. The van der Waals surface area contributed by atoms with Gasteiger partial charge in [0.25, 0.3) is 0 Å². The number of carboxylic acids is 2. The molecule has 6 aromatic rings. The summed E-state index contributed by atoms with van der Waals surface area (Å²) in [7, 11) is 0. The molecule has 12 heteroatoms. The van der Waals surface area contributed by atoms with Gasteiger partial charge in [0.15, 0.2) is 0 Å². The largest absolute Gasteiger partial charge is 1.00 e. The molecule has 2 aromatic heterocycles. The zero-order valence-corrected chi connectivity index (χ0v) is 27.8. The fourth-order valence-electron chi connectivity index (χ4n) is 4.27. The number of aromatic carboxylic acids is 2. The van der Waals surface area contributed by atoms with Gasteiger partial charge in [-0.05, 0) is 80.6 Å². The van der Waals surface area contributed by atoms with Crippen LogP contribution in [0.3, 0.4) is 0 Å². The van der Waals surface area contributed by atoms with E-state index >= 15 is 0 Å². The van der Waals surface area contributed by atoms with Crippen molar-refractivity contribution < 1.29 is 89.9 Å². The van der Waals surface area contributed by atoms with Crippen LogP contribution in [0.4, 0.5) is 0 Å². The fraction of sp³-hybridized carbons (Fsp3) is 0. The minimum atomic E-state index is -1.19. The molecule has 6 N–H and O–H groups in total. The Morgan fingerprint density at radius 3 is 1.09 bits per heavy atom. The molecule has 0 bridgehead atoms. The number of carbonyl (C=O) groups excluding carboxylic acids is 2. The van der Waals surface area contributed by atoms with Crippen molar-refractivity contribution in [1.82, 2.24) is 9.97 Å². The van der Waals surface area contributed by atoms with Gasteiger partial charge >= 0.3 is 59.1 Å². The molecule has 0 saturated heterocycles. The number of hydrogen-bond donors (Lipinski definition) is 2. The van der Waals surface area contributed by atoms with Crippen LogP contribution in [0.15, 0.2) is 119 Å². The number of carbonyl (C=O) groups is 2. The van der Waals surface area contributed by atoms with Gasteiger partial charge < -0.3 is 40.7 Å². The molecule has 0 aliphatic carbocycles. The van der Waals surface area contributed by atoms with Crippen molar-refractivity contribution in [3.63, 3.8) is 0 Å². The van der Waals surface area contributed by atoms with Gasteiger partial charge in [-0.2, -0.15) is 0 Å². The van der Waals surface area contributed by atoms with Crippen LogP contribution in [-0.4, -0.2) is 32.9 Å². The first-order valence-electron chi connectivity index (χ1n) is 12.2. The number of benzene rings is 4. The first-order chi connectivity index (χ1) is 19.3. The smallest absolute Gasteiger partial charge is 0.545 e. The molecule has 0 atom stereocenters. The third kappa shape index (κ3) is 9.08. The van der Waals surface area contributed by atoms with E-state index in [-0.39, 0.29) is 92.3 Å². The summed E-state index contributed by atoms with van der Waals surface area (Å²) in [5.74, 6) is -2.37. The zero-order valence-electron chi connectivity index (χ0n) is 23.8. The van der Waals surface area contributed by atoms with Gasteiger partial charge in [0, 0.05) is 23.2 Å². The van der Waals surface area contributed by atoms with Gasteiger partial charge in [-0.3, -0.25) is 9.59 Å². The topological polar surface area (TPSA) is 209 Å². The van der Waals surface area contributed by atoms with Crippen molar-refractivity contribution in [3.8, 4) is 22.3 Å². The van der Waals surface area contributed by atoms with E-state index in [1.54, 1.807) is 36.4 Å².